The number of aryl methyl sites for hydroxylation is 1. The van der Waals surface area contributed by atoms with Gasteiger partial charge in [0.15, 0.2) is 6.10 Å². The summed E-state index contributed by atoms with van der Waals surface area (Å²) in [6, 6.07) is 0. The molecule has 1 aromatic heterocycles. The third-order valence-corrected chi connectivity index (χ3v) is 6.92. The minimum atomic E-state index is -0.658. The number of allylic oxidation sites excluding steroid dienone is 2. The van der Waals surface area contributed by atoms with E-state index in [2.05, 4.69) is 26.8 Å². The van der Waals surface area contributed by atoms with Gasteiger partial charge in [0.1, 0.15) is 0 Å². The van der Waals surface area contributed by atoms with Crippen molar-refractivity contribution in [3.8, 4) is 0 Å². The number of hydrogen-bond donors (Lipinski definition) is 0. The molecule has 1 heterocycles. The molecule has 1 atom stereocenters. The molecule has 1 fully saturated rings. The molecule has 156 valence electrons. The summed E-state index contributed by atoms with van der Waals surface area (Å²) in [6.07, 6.45) is 7.62. The molecule has 0 aromatic carbocycles. The van der Waals surface area contributed by atoms with E-state index in [1.807, 2.05) is 39.0 Å². The molecule has 0 N–H and O–H groups in total. The first-order valence-electron chi connectivity index (χ1n) is 10.7. The van der Waals surface area contributed by atoms with Crippen LogP contribution in [0.1, 0.15) is 107 Å². The lowest BCUT2D eigenvalue weighted by Crippen LogP contribution is -2.29. The summed E-state index contributed by atoms with van der Waals surface area (Å²) in [7, 11) is 0. The van der Waals surface area contributed by atoms with Gasteiger partial charge in [-0.1, -0.05) is 19.9 Å². The molecule has 0 aliphatic heterocycles. The lowest BCUT2D eigenvalue weighted by Gasteiger charge is -2.31. The standard InChI is InChI=1S/C24H36O3S/c1-8-26-22(25)20(27-23(3,4)5)18-15(2)28-21(17-9-10-17)19(18)16-11-13-24(6,7)14-12-16/h11,17,20H,8-10,12-14H2,1-7H3. The van der Waals surface area contributed by atoms with Crippen molar-refractivity contribution in [2.45, 2.75) is 98.2 Å². The van der Waals surface area contributed by atoms with Gasteiger partial charge in [0.2, 0.25) is 0 Å². The highest BCUT2D eigenvalue weighted by Crippen LogP contribution is 2.53. The van der Waals surface area contributed by atoms with Gasteiger partial charge in [0.25, 0.3) is 0 Å². The van der Waals surface area contributed by atoms with Gasteiger partial charge in [-0.05, 0) is 89.2 Å². The van der Waals surface area contributed by atoms with E-state index in [0.717, 1.165) is 18.4 Å². The summed E-state index contributed by atoms with van der Waals surface area (Å²) in [6.45, 7) is 15.1. The highest BCUT2D eigenvalue weighted by atomic mass is 32.1. The summed E-state index contributed by atoms with van der Waals surface area (Å²) < 4.78 is 11.8. The minimum Gasteiger partial charge on any atom is -0.464 e. The molecular formula is C24H36O3S. The van der Waals surface area contributed by atoms with Crippen molar-refractivity contribution >= 4 is 22.9 Å². The molecule has 3 nitrogen and oxygen atoms in total. The van der Waals surface area contributed by atoms with Gasteiger partial charge >= 0.3 is 5.97 Å². The van der Waals surface area contributed by atoms with E-state index in [1.54, 1.807) is 0 Å². The van der Waals surface area contributed by atoms with Crippen molar-refractivity contribution in [3.63, 3.8) is 0 Å². The average molecular weight is 405 g/mol. The fourth-order valence-corrected chi connectivity index (χ4v) is 5.35. The predicted molar refractivity (Wildman–Crippen MR) is 117 cm³/mol. The first kappa shape index (κ1) is 21.6. The maximum Gasteiger partial charge on any atom is 0.340 e. The Hall–Kier alpha value is -1.13. The summed E-state index contributed by atoms with van der Waals surface area (Å²) in [5.41, 5.74) is 3.71. The summed E-state index contributed by atoms with van der Waals surface area (Å²) in [5.74, 6) is 0.388. The van der Waals surface area contributed by atoms with Crippen LogP contribution in [0.4, 0.5) is 0 Å². The highest BCUT2D eigenvalue weighted by Gasteiger charge is 2.39. The molecule has 0 spiro atoms. The van der Waals surface area contributed by atoms with Crippen LogP contribution in [-0.2, 0) is 14.3 Å². The number of ether oxygens (including phenoxy) is 2. The zero-order valence-corrected chi connectivity index (χ0v) is 19.4. The minimum absolute atomic E-state index is 0.265. The second kappa shape index (κ2) is 7.95. The monoisotopic (exact) mass is 404 g/mol. The fraction of sp³-hybridized carbons (Fsp3) is 0.708. The molecule has 1 aromatic rings. The molecule has 1 saturated carbocycles. The predicted octanol–water partition coefficient (Wildman–Crippen LogP) is 6.95. The van der Waals surface area contributed by atoms with Gasteiger partial charge in [-0.3, -0.25) is 0 Å². The van der Waals surface area contributed by atoms with E-state index in [4.69, 9.17) is 9.47 Å². The quantitative estimate of drug-likeness (QED) is 0.481. The van der Waals surface area contributed by atoms with Crippen molar-refractivity contribution in [1.29, 1.82) is 0 Å². The molecule has 2 aliphatic rings. The Morgan fingerprint density at radius 2 is 2.00 bits per heavy atom. The number of hydrogen-bond acceptors (Lipinski definition) is 4. The number of carbonyl (C=O) groups is 1. The second-order valence-electron chi connectivity index (χ2n) is 10.0. The van der Waals surface area contributed by atoms with Gasteiger partial charge in [-0.25, -0.2) is 4.79 Å². The zero-order chi connectivity index (χ0) is 20.7. The summed E-state index contributed by atoms with van der Waals surface area (Å²) in [5, 5.41) is 0. The number of esters is 1. The van der Waals surface area contributed by atoms with E-state index in [9.17, 15) is 4.79 Å². The van der Waals surface area contributed by atoms with Gasteiger partial charge in [0.05, 0.1) is 12.2 Å². The molecule has 0 radical (unpaired) electrons. The summed E-state index contributed by atoms with van der Waals surface area (Å²) >= 11 is 1.87. The van der Waals surface area contributed by atoms with Crippen molar-refractivity contribution in [1.82, 2.24) is 0 Å². The van der Waals surface area contributed by atoms with Crippen LogP contribution in [0, 0.1) is 12.3 Å². The Bertz CT molecular complexity index is 760. The molecule has 0 amide bonds. The Balaban J connectivity index is 2.10. The van der Waals surface area contributed by atoms with Gasteiger partial charge < -0.3 is 9.47 Å². The zero-order valence-electron chi connectivity index (χ0n) is 18.6. The van der Waals surface area contributed by atoms with Crippen LogP contribution >= 0.6 is 11.3 Å². The van der Waals surface area contributed by atoms with Crippen LogP contribution in [0.5, 0.6) is 0 Å². The number of rotatable bonds is 6. The van der Waals surface area contributed by atoms with Gasteiger partial charge in [-0.2, -0.15) is 0 Å². The molecule has 28 heavy (non-hydrogen) atoms. The third kappa shape index (κ3) is 4.88. The largest absolute Gasteiger partial charge is 0.464 e. The second-order valence-corrected chi connectivity index (χ2v) is 11.3. The first-order chi connectivity index (χ1) is 13.0. The normalized spacial score (nSPS) is 20.6. The maximum atomic E-state index is 12.9. The van der Waals surface area contributed by atoms with E-state index in [1.165, 1.54) is 40.2 Å². The lowest BCUT2D eigenvalue weighted by molar-refractivity contribution is -0.166. The van der Waals surface area contributed by atoms with Crippen molar-refractivity contribution in [2.24, 2.45) is 5.41 Å². The number of thiophene rings is 1. The molecule has 3 rings (SSSR count). The van der Waals surface area contributed by atoms with Gasteiger partial charge in [-0.15, -0.1) is 11.3 Å². The Kier molecular flexibility index (Phi) is 6.12. The SMILES string of the molecule is CCOC(=O)C(OC(C)(C)C)c1c(C)sc(C2CC2)c1C1=CCC(C)(C)CC1. The van der Waals surface area contributed by atoms with Crippen LogP contribution in [0.2, 0.25) is 0 Å². The van der Waals surface area contributed by atoms with Crippen molar-refractivity contribution in [3.05, 3.63) is 27.0 Å². The Morgan fingerprint density at radius 3 is 2.50 bits per heavy atom. The summed E-state index contributed by atoms with van der Waals surface area (Å²) in [4.78, 5) is 15.6. The Morgan fingerprint density at radius 1 is 1.32 bits per heavy atom. The van der Waals surface area contributed by atoms with E-state index < -0.39 is 11.7 Å². The smallest absolute Gasteiger partial charge is 0.340 e. The van der Waals surface area contributed by atoms with E-state index in [0.29, 0.717) is 17.9 Å². The average Bonchev–Trinajstić information content (AvgIpc) is 3.36. The van der Waals surface area contributed by atoms with Crippen LogP contribution in [-0.4, -0.2) is 18.2 Å². The third-order valence-electron chi connectivity index (χ3n) is 5.63. The molecule has 0 bridgehead atoms. The van der Waals surface area contributed by atoms with Crippen LogP contribution in [0.15, 0.2) is 6.08 Å². The van der Waals surface area contributed by atoms with Crippen molar-refractivity contribution in [2.75, 3.05) is 6.61 Å². The van der Waals surface area contributed by atoms with Crippen LogP contribution in [0.25, 0.3) is 5.57 Å². The van der Waals surface area contributed by atoms with E-state index >= 15 is 0 Å². The van der Waals surface area contributed by atoms with Crippen LogP contribution < -0.4 is 0 Å². The van der Waals surface area contributed by atoms with Gasteiger partial charge in [0, 0.05) is 15.3 Å². The molecule has 4 heteroatoms. The Labute approximate surface area is 174 Å². The highest BCUT2D eigenvalue weighted by molar-refractivity contribution is 7.12. The number of carbonyl (C=O) groups excluding carboxylic acids is 1. The topological polar surface area (TPSA) is 35.5 Å². The lowest BCUT2D eigenvalue weighted by atomic mass is 9.76. The first-order valence-corrected chi connectivity index (χ1v) is 11.5. The fourth-order valence-electron chi connectivity index (χ4n) is 3.96. The van der Waals surface area contributed by atoms with Crippen molar-refractivity contribution < 1.29 is 14.3 Å². The molecule has 1 unspecified atom stereocenters. The van der Waals surface area contributed by atoms with Crippen LogP contribution in [0.3, 0.4) is 0 Å². The molecule has 0 saturated heterocycles. The maximum absolute atomic E-state index is 12.9. The molecule has 2 aliphatic carbocycles. The van der Waals surface area contributed by atoms with E-state index in [-0.39, 0.29) is 5.97 Å². The molecular weight excluding hydrogens is 368 g/mol.